The lowest BCUT2D eigenvalue weighted by molar-refractivity contribution is -0.139. The van der Waals surface area contributed by atoms with Gasteiger partial charge in [-0.3, -0.25) is 0 Å². The van der Waals surface area contributed by atoms with E-state index in [0.29, 0.717) is 22.1 Å². The van der Waals surface area contributed by atoms with Gasteiger partial charge >= 0.3 is 5.97 Å². The molecule has 136 valence electrons. The molecule has 0 spiro atoms. The maximum atomic E-state index is 13.4. The van der Waals surface area contributed by atoms with Crippen LogP contribution >= 0.6 is 12.2 Å². The normalized spacial score (nSPS) is 16.9. The van der Waals surface area contributed by atoms with E-state index in [0.717, 1.165) is 12.1 Å². The van der Waals surface area contributed by atoms with Crippen LogP contribution in [0.4, 0.5) is 8.78 Å². The Morgan fingerprint density at radius 1 is 1.38 bits per heavy atom. The maximum absolute atomic E-state index is 13.4. The molecule has 0 amide bonds. The van der Waals surface area contributed by atoms with E-state index in [4.69, 9.17) is 17.0 Å². The summed E-state index contributed by atoms with van der Waals surface area (Å²) in [5.41, 5.74) is 1.52. The molecule has 0 saturated carbocycles. The Hall–Kier alpha value is -2.88. The maximum Gasteiger partial charge on any atom is 0.338 e. The van der Waals surface area contributed by atoms with Gasteiger partial charge < -0.3 is 15.4 Å². The van der Waals surface area contributed by atoms with Crippen LogP contribution in [-0.2, 0) is 9.53 Å². The lowest BCUT2D eigenvalue weighted by atomic mass is 10.0. The van der Waals surface area contributed by atoms with Crippen LogP contribution in [0, 0.1) is 11.6 Å². The first kappa shape index (κ1) is 17.9. The average Bonchev–Trinajstić information content (AvgIpc) is 3.06. The second-order valence-corrected chi connectivity index (χ2v) is 5.89. The summed E-state index contributed by atoms with van der Waals surface area (Å²) in [4.78, 5) is 12.3. The van der Waals surface area contributed by atoms with E-state index >= 15 is 0 Å². The summed E-state index contributed by atoms with van der Waals surface area (Å²) in [7, 11) is 0. The van der Waals surface area contributed by atoms with Crippen LogP contribution in [0.15, 0.2) is 35.7 Å². The predicted octanol–water partition coefficient (Wildman–Crippen LogP) is 1.90. The summed E-state index contributed by atoms with van der Waals surface area (Å²) in [6.07, 6.45) is 1.50. The van der Waals surface area contributed by atoms with Crippen LogP contribution in [0.5, 0.6) is 0 Å². The zero-order chi connectivity index (χ0) is 18.8. The molecular weight excluding hydrogens is 364 g/mol. The molecule has 2 aromatic rings. The molecule has 0 aliphatic carbocycles. The van der Waals surface area contributed by atoms with Crippen LogP contribution < -0.4 is 10.6 Å². The van der Waals surface area contributed by atoms with Crippen molar-refractivity contribution in [1.29, 1.82) is 0 Å². The minimum absolute atomic E-state index is 0.217. The molecule has 1 aromatic heterocycles. The molecular formula is C16H15F2N5O2S. The highest BCUT2D eigenvalue weighted by Gasteiger charge is 2.32. The van der Waals surface area contributed by atoms with Gasteiger partial charge in [0.05, 0.1) is 24.1 Å². The number of nitrogens with zero attached hydrogens (tertiary/aromatic N) is 3. The zero-order valence-electron chi connectivity index (χ0n) is 13.9. The fraction of sp³-hybridized carbons (Fsp3) is 0.250. The van der Waals surface area contributed by atoms with Gasteiger partial charge in [0.15, 0.2) is 16.7 Å². The number of halogens is 2. The molecule has 7 nitrogen and oxygen atoms in total. The molecule has 0 fully saturated rings. The number of rotatable bonds is 4. The second kappa shape index (κ2) is 7.16. The summed E-state index contributed by atoms with van der Waals surface area (Å²) in [5.74, 6) is -2.47. The van der Waals surface area contributed by atoms with Crippen molar-refractivity contribution in [3.05, 3.63) is 53.0 Å². The monoisotopic (exact) mass is 379 g/mol. The summed E-state index contributed by atoms with van der Waals surface area (Å²) < 4.78 is 32.9. The number of esters is 1. The molecule has 0 saturated heterocycles. The standard InChI is InChI=1S/C16H15F2N5O2S/c1-3-25-15(24)13-8(2)19-16(26)20-14(13)12-7-23(22-21-12)9-4-5-10(17)11(18)6-9/h4-7,14H,3H2,1-2H3,(H2,19,20,26). The average molecular weight is 379 g/mol. The first-order valence-electron chi connectivity index (χ1n) is 7.73. The fourth-order valence-electron chi connectivity index (χ4n) is 2.56. The Kier molecular flexibility index (Phi) is 4.94. The lowest BCUT2D eigenvalue weighted by Gasteiger charge is -2.28. The van der Waals surface area contributed by atoms with Gasteiger partial charge in [-0.2, -0.15) is 0 Å². The molecule has 1 aromatic carbocycles. The smallest absolute Gasteiger partial charge is 0.338 e. The Labute approximate surface area is 153 Å². The molecule has 10 heteroatoms. The molecule has 1 unspecified atom stereocenters. The number of carbonyl (C=O) groups excluding carboxylic acids is 1. The number of thiocarbonyl (C=S) groups is 1. The largest absolute Gasteiger partial charge is 0.463 e. The van der Waals surface area contributed by atoms with E-state index in [2.05, 4.69) is 20.9 Å². The number of nitrogens with one attached hydrogen (secondary N) is 2. The van der Waals surface area contributed by atoms with Gasteiger partial charge in [-0.25, -0.2) is 18.3 Å². The van der Waals surface area contributed by atoms with Crippen molar-refractivity contribution in [3.8, 4) is 5.69 Å². The van der Waals surface area contributed by atoms with Crippen LogP contribution in [0.2, 0.25) is 0 Å². The highest BCUT2D eigenvalue weighted by Crippen LogP contribution is 2.26. The number of hydrogen-bond donors (Lipinski definition) is 2. The number of aromatic nitrogens is 3. The molecule has 2 N–H and O–H groups in total. The van der Waals surface area contributed by atoms with Gasteiger partial charge in [-0.1, -0.05) is 5.21 Å². The van der Waals surface area contributed by atoms with Crippen molar-refractivity contribution in [2.45, 2.75) is 19.9 Å². The SMILES string of the molecule is CCOC(=O)C1=C(C)NC(=S)NC1c1cn(-c2ccc(F)c(F)c2)nn1. The highest BCUT2D eigenvalue weighted by molar-refractivity contribution is 7.80. The highest BCUT2D eigenvalue weighted by atomic mass is 32.1. The number of ether oxygens (including phenoxy) is 1. The van der Waals surface area contributed by atoms with Gasteiger partial charge in [-0.05, 0) is 38.2 Å². The first-order valence-corrected chi connectivity index (χ1v) is 8.14. The van der Waals surface area contributed by atoms with Crippen LogP contribution in [0.1, 0.15) is 25.6 Å². The van der Waals surface area contributed by atoms with Gasteiger partial charge in [0.1, 0.15) is 11.7 Å². The van der Waals surface area contributed by atoms with Crippen LogP contribution in [-0.4, -0.2) is 32.7 Å². The number of allylic oxidation sites excluding steroid dienone is 1. The van der Waals surface area contributed by atoms with E-state index < -0.39 is 23.6 Å². The molecule has 1 aliphatic heterocycles. The summed E-state index contributed by atoms with van der Waals surface area (Å²) in [6.45, 7) is 3.62. The van der Waals surface area contributed by atoms with Gasteiger partial charge in [0.25, 0.3) is 0 Å². The molecule has 1 aliphatic rings. The summed E-state index contributed by atoms with van der Waals surface area (Å²) in [5, 5.41) is 14.1. The van der Waals surface area contributed by atoms with Gasteiger partial charge in [0.2, 0.25) is 0 Å². The Morgan fingerprint density at radius 3 is 2.85 bits per heavy atom. The third kappa shape index (κ3) is 3.40. The minimum atomic E-state index is -0.997. The predicted molar refractivity (Wildman–Crippen MR) is 92.2 cm³/mol. The second-order valence-electron chi connectivity index (χ2n) is 5.48. The van der Waals surface area contributed by atoms with E-state index in [1.807, 2.05) is 0 Å². The minimum Gasteiger partial charge on any atom is -0.463 e. The van der Waals surface area contributed by atoms with E-state index in [-0.39, 0.29) is 12.3 Å². The topological polar surface area (TPSA) is 81.1 Å². The molecule has 0 radical (unpaired) electrons. The molecule has 2 heterocycles. The van der Waals surface area contributed by atoms with E-state index in [9.17, 15) is 13.6 Å². The number of carbonyl (C=O) groups is 1. The number of benzene rings is 1. The zero-order valence-corrected chi connectivity index (χ0v) is 14.7. The molecule has 3 rings (SSSR count). The van der Waals surface area contributed by atoms with Gasteiger partial charge in [0, 0.05) is 11.8 Å². The Morgan fingerprint density at radius 2 is 2.15 bits per heavy atom. The summed E-state index contributed by atoms with van der Waals surface area (Å²) >= 11 is 5.14. The van der Waals surface area contributed by atoms with Crippen molar-refractivity contribution in [3.63, 3.8) is 0 Å². The van der Waals surface area contributed by atoms with E-state index in [1.54, 1.807) is 13.8 Å². The third-order valence-corrected chi connectivity index (χ3v) is 3.96. The lowest BCUT2D eigenvalue weighted by Crippen LogP contribution is -2.45. The van der Waals surface area contributed by atoms with Crippen molar-refractivity contribution < 1.29 is 18.3 Å². The Bertz CT molecular complexity index is 912. The van der Waals surface area contributed by atoms with Crippen molar-refractivity contribution in [2.75, 3.05) is 6.61 Å². The Balaban J connectivity index is 1.98. The van der Waals surface area contributed by atoms with Crippen LogP contribution in [0.25, 0.3) is 5.69 Å². The van der Waals surface area contributed by atoms with Crippen LogP contribution in [0.3, 0.4) is 0 Å². The summed E-state index contributed by atoms with van der Waals surface area (Å²) in [6, 6.07) is 2.69. The quantitative estimate of drug-likeness (QED) is 0.620. The van der Waals surface area contributed by atoms with E-state index in [1.165, 1.54) is 16.9 Å². The molecule has 0 bridgehead atoms. The van der Waals surface area contributed by atoms with Crippen molar-refractivity contribution >= 4 is 23.3 Å². The van der Waals surface area contributed by atoms with Gasteiger partial charge in [-0.15, -0.1) is 5.10 Å². The fourth-order valence-corrected chi connectivity index (χ4v) is 2.83. The van der Waals surface area contributed by atoms with Crippen molar-refractivity contribution in [1.82, 2.24) is 25.6 Å². The molecule has 26 heavy (non-hydrogen) atoms. The third-order valence-electron chi connectivity index (χ3n) is 3.74. The molecule has 1 atom stereocenters. The van der Waals surface area contributed by atoms with Crippen molar-refractivity contribution in [2.24, 2.45) is 0 Å². The first-order chi connectivity index (χ1) is 12.4. The number of hydrogen-bond acceptors (Lipinski definition) is 5.